The second kappa shape index (κ2) is 8.82. The molecule has 132 valence electrons. The monoisotopic (exact) mass is 342 g/mol. The fourth-order valence-corrected chi connectivity index (χ4v) is 2.51. The zero-order chi connectivity index (χ0) is 18.2. The molecule has 1 N–H and O–H groups in total. The maximum Gasteiger partial charge on any atom is 0.273 e. The van der Waals surface area contributed by atoms with Crippen molar-refractivity contribution >= 4 is 11.6 Å². The summed E-state index contributed by atoms with van der Waals surface area (Å²) in [5, 5.41) is 13.7. The summed E-state index contributed by atoms with van der Waals surface area (Å²) < 4.78 is 5.38. The minimum Gasteiger partial charge on any atom is -0.484 e. The Bertz CT molecular complexity index is 716. The number of non-ortho nitro benzene ring substituents is 1. The predicted octanol–water partition coefficient (Wildman–Crippen LogP) is 3.88. The molecule has 6 heteroatoms. The van der Waals surface area contributed by atoms with E-state index in [0.717, 1.165) is 12.0 Å². The van der Waals surface area contributed by atoms with E-state index in [9.17, 15) is 14.9 Å². The van der Waals surface area contributed by atoms with Gasteiger partial charge in [-0.15, -0.1) is 0 Å². The number of carbonyl (C=O) groups excluding carboxylic acids is 1. The van der Waals surface area contributed by atoms with Crippen LogP contribution in [0.2, 0.25) is 0 Å². The molecule has 0 bridgehead atoms. The van der Waals surface area contributed by atoms with E-state index in [2.05, 4.69) is 19.2 Å². The first-order chi connectivity index (χ1) is 12.0. The average Bonchev–Trinajstić information content (AvgIpc) is 2.60. The molecule has 0 aliphatic carbocycles. The summed E-state index contributed by atoms with van der Waals surface area (Å²) in [6.07, 6.45) is 0.812. The predicted molar refractivity (Wildman–Crippen MR) is 95.4 cm³/mol. The Hall–Kier alpha value is -2.89. The molecule has 0 heterocycles. The topological polar surface area (TPSA) is 81.5 Å². The fraction of sp³-hybridized carbons (Fsp3) is 0.316. The lowest BCUT2D eigenvalue weighted by Gasteiger charge is -2.21. The van der Waals surface area contributed by atoms with Crippen LogP contribution in [0.5, 0.6) is 5.75 Å². The number of nitrogens with zero attached hydrogens (tertiary/aromatic N) is 1. The Labute approximate surface area is 147 Å². The smallest absolute Gasteiger partial charge is 0.273 e. The molecular weight excluding hydrogens is 320 g/mol. The van der Waals surface area contributed by atoms with Crippen molar-refractivity contribution in [3.63, 3.8) is 0 Å². The molecule has 2 aromatic carbocycles. The van der Waals surface area contributed by atoms with Crippen molar-refractivity contribution in [3.8, 4) is 5.75 Å². The molecule has 0 saturated heterocycles. The average molecular weight is 342 g/mol. The van der Waals surface area contributed by atoms with E-state index in [-0.39, 0.29) is 24.2 Å². The van der Waals surface area contributed by atoms with Gasteiger partial charge in [0.05, 0.1) is 17.0 Å². The first-order valence-electron chi connectivity index (χ1n) is 8.17. The number of ether oxygens (including phenoxy) is 1. The van der Waals surface area contributed by atoms with E-state index in [1.165, 1.54) is 18.2 Å². The summed E-state index contributed by atoms with van der Waals surface area (Å²) in [6.45, 7) is 4.01. The Morgan fingerprint density at radius 1 is 1.16 bits per heavy atom. The first-order valence-corrected chi connectivity index (χ1v) is 8.17. The number of amides is 1. The van der Waals surface area contributed by atoms with Crippen molar-refractivity contribution in [1.29, 1.82) is 0 Å². The lowest BCUT2D eigenvalue weighted by Crippen LogP contribution is -2.33. The van der Waals surface area contributed by atoms with Gasteiger partial charge in [0.2, 0.25) is 0 Å². The summed E-state index contributed by atoms with van der Waals surface area (Å²) in [4.78, 5) is 22.5. The van der Waals surface area contributed by atoms with Crippen LogP contribution in [0, 0.1) is 16.0 Å². The van der Waals surface area contributed by atoms with Crippen molar-refractivity contribution in [2.75, 3.05) is 6.61 Å². The molecule has 0 radical (unpaired) electrons. The van der Waals surface area contributed by atoms with Gasteiger partial charge in [0.1, 0.15) is 5.75 Å². The fourth-order valence-electron chi connectivity index (χ4n) is 2.51. The van der Waals surface area contributed by atoms with Gasteiger partial charge in [-0.25, -0.2) is 0 Å². The third kappa shape index (κ3) is 5.91. The molecule has 0 aliphatic rings. The number of hydrogen-bond donors (Lipinski definition) is 1. The molecule has 0 aliphatic heterocycles. The van der Waals surface area contributed by atoms with E-state index >= 15 is 0 Å². The second-order valence-electron chi connectivity index (χ2n) is 6.20. The SMILES string of the molecule is CC(C)C[C@H](NC(=O)COc1cccc([N+](=O)[O-])c1)c1ccccc1. The van der Waals surface area contributed by atoms with Gasteiger partial charge in [-0.05, 0) is 24.0 Å². The highest BCUT2D eigenvalue weighted by atomic mass is 16.6. The van der Waals surface area contributed by atoms with Crippen LogP contribution < -0.4 is 10.1 Å². The largest absolute Gasteiger partial charge is 0.484 e. The quantitative estimate of drug-likeness (QED) is 0.583. The molecule has 2 rings (SSSR count). The minimum absolute atomic E-state index is 0.0696. The molecule has 2 aromatic rings. The standard InChI is InChI=1S/C19H22N2O4/c1-14(2)11-18(15-7-4-3-5-8-15)20-19(22)13-25-17-10-6-9-16(12-17)21(23)24/h3-10,12,14,18H,11,13H2,1-2H3,(H,20,22)/t18-/m0/s1. The summed E-state index contributed by atoms with van der Waals surface area (Å²) >= 11 is 0. The van der Waals surface area contributed by atoms with Gasteiger partial charge in [0.15, 0.2) is 6.61 Å². The van der Waals surface area contributed by atoms with E-state index in [0.29, 0.717) is 11.7 Å². The number of benzene rings is 2. The lowest BCUT2D eigenvalue weighted by molar-refractivity contribution is -0.384. The zero-order valence-corrected chi connectivity index (χ0v) is 14.3. The number of nitro groups is 1. The first kappa shape index (κ1) is 18.4. The molecular formula is C19H22N2O4. The van der Waals surface area contributed by atoms with Gasteiger partial charge in [0, 0.05) is 6.07 Å². The normalized spacial score (nSPS) is 11.8. The van der Waals surface area contributed by atoms with Crippen LogP contribution in [0.15, 0.2) is 54.6 Å². The van der Waals surface area contributed by atoms with Crippen LogP contribution in [0.3, 0.4) is 0 Å². The summed E-state index contributed by atoms with van der Waals surface area (Å²) in [5.41, 5.74) is 0.972. The molecule has 1 atom stereocenters. The molecule has 25 heavy (non-hydrogen) atoms. The van der Waals surface area contributed by atoms with Gasteiger partial charge in [-0.2, -0.15) is 0 Å². The van der Waals surface area contributed by atoms with E-state index in [1.807, 2.05) is 30.3 Å². The van der Waals surface area contributed by atoms with Gasteiger partial charge >= 0.3 is 0 Å². The van der Waals surface area contributed by atoms with Gasteiger partial charge in [0.25, 0.3) is 11.6 Å². The maximum atomic E-state index is 12.2. The highest BCUT2D eigenvalue weighted by Crippen LogP contribution is 2.22. The van der Waals surface area contributed by atoms with Gasteiger partial charge < -0.3 is 10.1 Å². The van der Waals surface area contributed by atoms with Crippen molar-refractivity contribution < 1.29 is 14.5 Å². The Kier molecular flexibility index (Phi) is 6.51. The van der Waals surface area contributed by atoms with Crippen LogP contribution >= 0.6 is 0 Å². The minimum atomic E-state index is -0.499. The van der Waals surface area contributed by atoms with Gasteiger partial charge in [-0.3, -0.25) is 14.9 Å². The van der Waals surface area contributed by atoms with Crippen molar-refractivity contribution in [1.82, 2.24) is 5.32 Å². The lowest BCUT2D eigenvalue weighted by atomic mass is 9.97. The zero-order valence-electron chi connectivity index (χ0n) is 14.3. The van der Waals surface area contributed by atoms with Crippen molar-refractivity contribution in [2.24, 2.45) is 5.92 Å². The molecule has 0 fully saturated rings. The van der Waals surface area contributed by atoms with Crippen LogP contribution in [-0.2, 0) is 4.79 Å². The number of nitro benzene ring substituents is 1. The molecule has 6 nitrogen and oxygen atoms in total. The van der Waals surface area contributed by atoms with Crippen LogP contribution in [0.1, 0.15) is 31.9 Å². The second-order valence-corrected chi connectivity index (χ2v) is 6.20. The highest BCUT2D eigenvalue weighted by molar-refractivity contribution is 5.78. The summed E-state index contributed by atoms with van der Waals surface area (Å²) in [7, 11) is 0. The van der Waals surface area contributed by atoms with E-state index < -0.39 is 4.92 Å². The summed E-state index contributed by atoms with van der Waals surface area (Å²) in [6, 6.07) is 15.5. The molecule has 0 spiro atoms. The molecule has 0 saturated carbocycles. The Morgan fingerprint density at radius 2 is 1.88 bits per heavy atom. The van der Waals surface area contributed by atoms with Crippen LogP contribution in [0.25, 0.3) is 0 Å². The van der Waals surface area contributed by atoms with Gasteiger partial charge in [-0.1, -0.05) is 50.2 Å². The summed E-state index contributed by atoms with van der Waals surface area (Å²) in [5.74, 6) is 0.452. The number of nitrogens with one attached hydrogen (secondary N) is 1. The van der Waals surface area contributed by atoms with Crippen LogP contribution in [0.4, 0.5) is 5.69 Å². The Morgan fingerprint density at radius 3 is 2.52 bits per heavy atom. The Balaban J connectivity index is 1.97. The highest BCUT2D eigenvalue weighted by Gasteiger charge is 2.16. The third-order valence-electron chi connectivity index (χ3n) is 3.64. The number of carbonyl (C=O) groups is 1. The van der Waals surface area contributed by atoms with E-state index in [1.54, 1.807) is 6.07 Å². The van der Waals surface area contributed by atoms with Crippen molar-refractivity contribution in [2.45, 2.75) is 26.3 Å². The number of rotatable bonds is 8. The third-order valence-corrected chi connectivity index (χ3v) is 3.64. The molecule has 1 amide bonds. The maximum absolute atomic E-state index is 12.2. The van der Waals surface area contributed by atoms with Crippen LogP contribution in [-0.4, -0.2) is 17.4 Å². The molecule has 0 aromatic heterocycles. The van der Waals surface area contributed by atoms with E-state index in [4.69, 9.17) is 4.74 Å². The van der Waals surface area contributed by atoms with Crippen molar-refractivity contribution in [3.05, 3.63) is 70.3 Å². The number of hydrogen-bond acceptors (Lipinski definition) is 4. The molecule has 0 unspecified atom stereocenters.